The monoisotopic (exact) mass is 412 g/mol. The van der Waals surface area contributed by atoms with Crippen molar-refractivity contribution < 1.29 is 4.79 Å². The normalized spacial score (nSPS) is 14.0. The number of nitrogens with one attached hydrogen (secondary N) is 2. The lowest BCUT2D eigenvalue weighted by Gasteiger charge is -2.31. The first-order valence-corrected chi connectivity index (χ1v) is 10.5. The van der Waals surface area contributed by atoms with Gasteiger partial charge in [-0.05, 0) is 17.7 Å². The van der Waals surface area contributed by atoms with E-state index in [1.165, 1.54) is 5.69 Å². The van der Waals surface area contributed by atoms with Gasteiger partial charge in [-0.3, -0.25) is 4.79 Å². The van der Waals surface area contributed by atoms with Gasteiger partial charge in [0, 0.05) is 56.2 Å². The Balaban J connectivity index is 1.32. The van der Waals surface area contributed by atoms with Crippen LogP contribution in [0, 0.1) is 0 Å². The number of fused-ring (bicyclic) bond motifs is 1. The number of nitrogens with zero attached hydrogens (tertiary/aromatic N) is 4. The zero-order valence-corrected chi connectivity index (χ0v) is 17.2. The van der Waals surface area contributed by atoms with Crippen molar-refractivity contribution in [3.63, 3.8) is 0 Å². The van der Waals surface area contributed by atoms with Gasteiger partial charge in [0.1, 0.15) is 5.69 Å². The van der Waals surface area contributed by atoms with Gasteiger partial charge >= 0.3 is 0 Å². The molecule has 1 aliphatic heterocycles. The Morgan fingerprint density at radius 3 is 2.61 bits per heavy atom. The third kappa shape index (κ3) is 4.13. The van der Waals surface area contributed by atoms with E-state index in [-0.39, 0.29) is 5.91 Å². The number of aromatic nitrogens is 3. The van der Waals surface area contributed by atoms with Crippen LogP contribution in [0.1, 0.15) is 16.1 Å². The molecule has 3 heterocycles. The zero-order chi connectivity index (χ0) is 21.0. The third-order valence-corrected chi connectivity index (χ3v) is 5.52. The average Bonchev–Trinajstić information content (AvgIpc) is 3.27. The van der Waals surface area contributed by atoms with E-state index in [1.807, 2.05) is 48.5 Å². The van der Waals surface area contributed by atoms with Gasteiger partial charge in [-0.2, -0.15) is 5.10 Å². The molecule has 0 atom stereocenters. The Hall–Kier alpha value is -3.71. The second-order valence-corrected chi connectivity index (χ2v) is 7.56. The van der Waals surface area contributed by atoms with Gasteiger partial charge in [0.05, 0.1) is 5.69 Å². The molecule has 156 valence electrons. The van der Waals surface area contributed by atoms with E-state index in [2.05, 4.69) is 37.7 Å². The molecule has 7 nitrogen and oxygen atoms in total. The molecular weight excluding hydrogens is 388 g/mol. The van der Waals surface area contributed by atoms with Crippen LogP contribution in [0.25, 0.3) is 16.9 Å². The Bertz CT molecular complexity index is 1200. The summed E-state index contributed by atoms with van der Waals surface area (Å²) in [7, 11) is 0. The van der Waals surface area contributed by atoms with E-state index in [9.17, 15) is 4.79 Å². The number of anilines is 1. The SMILES string of the molecule is O=C(NCc1ccccc1N1CCNCC1)c1ccn2nc(-c3ccccc3)cc2n1. The summed E-state index contributed by atoms with van der Waals surface area (Å²) in [5.74, 6) is -0.194. The highest BCUT2D eigenvalue weighted by Crippen LogP contribution is 2.21. The summed E-state index contributed by atoms with van der Waals surface area (Å²) in [4.78, 5) is 19.7. The highest BCUT2D eigenvalue weighted by Gasteiger charge is 2.15. The van der Waals surface area contributed by atoms with Crippen molar-refractivity contribution in [2.24, 2.45) is 0 Å². The predicted octanol–water partition coefficient (Wildman–Crippen LogP) is 2.74. The maximum atomic E-state index is 12.8. The summed E-state index contributed by atoms with van der Waals surface area (Å²) >= 11 is 0. The molecule has 0 aliphatic carbocycles. The molecule has 31 heavy (non-hydrogen) atoms. The number of hydrogen-bond donors (Lipinski definition) is 2. The lowest BCUT2D eigenvalue weighted by atomic mass is 10.1. The van der Waals surface area contributed by atoms with Gasteiger partial charge in [0.25, 0.3) is 5.91 Å². The smallest absolute Gasteiger partial charge is 0.270 e. The fraction of sp³-hybridized carbons (Fsp3) is 0.208. The minimum absolute atomic E-state index is 0.194. The second kappa shape index (κ2) is 8.57. The van der Waals surface area contributed by atoms with Crippen molar-refractivity contribution in [2.45, 2.75) is 6.54 Å². The molecule has 2 aromatic carbocycles. The summed E-state index contributed by atoms with van der Waals surface area (Å²) in [6.45, 7) is 4.34. The molecule has 1 fully saturated rings. The van der Waals surface area contributed by atoms with Crippen LogP contribution >= 0.6 is 0 Å². The number of rotatable bonds is 5. The van der Waals surface area contributed by atoms with Crippen LogP contribution in [0.5, 0.6) is 0 Å². The van der Waals surface area contributed by atoms with Crippen LogP contribution in [-0.2, 0) is 6.54 Å². The molecule has 0 radical (unpaired) electrons. The van der Waals surface area contributed by atoms with Gasteiger partial charge in [-0.25, -0.2) is 9.50 Å². The third-order valence-electron chi connectivity index (χ3n) is 5.52. The van der Waals surface area contributed by atoms with Crippen molar-refractivity contribution in [3.8, 4) is 11.3 Å². The van der Waals surface area contributed by atoms with Crippen molar-refractivity contribution in [3.05, 3.63) is 84.2 Å². The molecule has 4 aromatic rings. The van der Waals surface area contributed by atoms with Crippen LogP contribution in [0.4, 0.5) is 5.69 Å². The highest BCUT2D eigenvalue weighted by molar-refractivity contribution is 5.92. The lowest BCUT2D eigenvalue weighted by molar-refractivity contribution is 0.0946. The number of carbonyl (C=O) groups is 1. The molecule has 7 heteroatoms. The van der Waals surface area contributed by atoms with Gasteiger partial charge < -0.3 is 15.5 Å². The fourth-order valence-corrected chi connectivity index (χ4v) is 3.90. The van der Waals surface area contributed by atoms with E-state index >= 15 is 0 Å². The number of para-hydroxylation sites is 1. The molecule has 0 unspecified atom stereocenters. The molecule has 5 rings (SSSR count). The second-order valence-electron chi connectivity index (χ2n) is 7.56. The van der Waals surface area contributed by atoms with Crippen molar-refractivity contribution in [2.75, 3.05) is 31.1 Å². The Morgan fingerprint density at radius 1 is 1.00 bits per heavy atom. The van der Waals surface area contributed by atoms with Crippen LogP contribution in [0.15, 0.2) is 72.9 Å². The summed E-state index contributed by atoms with van der Waals surface area (Å²) in [6, 6.07) is 21.8. The first-order valence-electron chi connectivity index (χ1n) is 10.5. The van der Waals surface area contributed by atoms with Crippen LogP contribution in [-0.4, -0.2) is 46.7 Å². The topological polar surface area (TPSA) is 74.6 Å². The van der Waals surface area contributed by atoms with E-state index in [0.717, 1.165) is 43.0 Å². The standard InChI is InChI=1S/C24H24N6O/c31-24(26-17-19-8-4-5-9-22(19)29-14-11-25-12-15-29)20-10-13-30-23(27-20)16-21(28-30)18-6-2-1-3-7-18/h1-10,13,16,25H,11-12,14-15,17H2,(H,26,31). The van der Waals surface area contributed by atoms with Crippen molar-refractivity contribution in [1.29, 1.82) is 0 Å². The molecule has 1 amide bonds. The van der Waals surface area contributed by atoms with Crippen molar-refractivity contribution >= 4 is 17.2 Å². The van der Waals surface area contributed by atoms with Crippen LogP contribution < -0.4 is 15.5 Å². The van der Waals surface area contributed by atoms with E-state index in [1.54, 1.807) is 16.8 Å². The molecule has 1 aliphatic rings. The Kier molecular flexibility index (Phi) is 5.33. The summed E-state index contributed by atoms with van der Waals surface area (Å²) in [5.41, 5.74) is 5.16. The van der Waals surface area contributed by atoms with Crippen LogP contribution in [0.2, 0.25) is 0 Å². The van der Waals surface area contributed by atoms with Gasteiger partial charge in [0.2, 0.25) is 0 Å². The van der Waals surface area contributed by atoms with Gasteiger partial charge in [0.15, 0.2) is 5.65 Å². The largest absolute Gasteiger partial charge is 0.369 e. The highest BCUT2D eigenvalue weighted by atomic mass is 16.1. The molecule has 2 N–H and O–H groups in total. The number of piperazine rings is 1. The lowest BCUT2D eigenvalue weighted by Crippen LogP contribution is -2.44. The maximum absolute atomic E-state index is 12.8. The minimum Gasteiger partial charge on any atom is -0.369 e. The summed E-state index contributed by atoms with van der Waals surface area (Å²) in [6.07, 6.45) is 1.78. The first-order chi connectivity index (χ1) is 15.3. The van der Waals surface area contributed by atoms with Gasteiger partial charge in [-0.15, -0.1) is 0 Å². The fourth-order valence-electron chi connectivity index (χ4n) is 3.90. The number of benzene rings is 2. The van der Waals surface area contributed by atoms with E-state index in [0.29, 0.717) is 17.9 Å². The van der Waals surface area contributed by atoms with Crippen molar-refractivity contribution in [1.82, 2.24) is 25.2 Å². The molecule has 0 bridgehead atoms. The predicted molar refractivity (Wildman–Crippen MR) is 121 cm³/mol. The molecule has 0 saturated carbocycles. The number of hydrogen-bond acceptors (Lipinski definition) is 5. The first kappa shape index (κ1) is 19.3. The average molecular weight is 412 g/mol. The molecule has 1 saturated heterocycles. The summed E-state index contributed by atoms with van der Waals surface area (Å²) < 4.78 is 1.69. The number of carbonyl (C=O) groups excluding carboxylic acids is 1. The quantitative estimate of drug-likeness (QED) is 0.527. The van der Waals surface area contributed by atoms with E-state index in [4.69, 9.17) is 0 Å². The molecular formula is C24H24N6O. The molecule has 0 spiro atoms. The molecule has 2 aromatic heterocycles. The Morgan fingerprint density at radius 2 is 1.77 bits per heavy atom. The van der Waals surface area contributed by atoms with E-state index < -0.39 is 0 Å². The van der Waals surface area contributed by atoms with Crippen LogP contribution in [0.3, 0.4) is 0 Å². The summed E-state index contributed by atoms with van der Waals surface area (Å²) in [5, 5.41) is 11.0. The Labute approximate surface area is 180 Å². The zero-order valence-electron chi connectivity index (χ0n) is 17.2. The number of amides is 1. The maximum Gasteiger partial charge on any atom is 0.270 e. The minimum atomic E-state index is -0.194. The van der Waals surface area contributed by atoms with Gasteiger partial charge in [-0.1, -0.05) is 48.5 Å².